The second-order valence-electron chi connectivity index (χ2n) is 5.74. The van der Waals surface area contributed by atoms with Gasteiger partial charge in [-0.25, -0.2) is 0 Å². The number of likely N-dealkylation sites (N-methyl/N-ethyl adjacent to an activating group) is 1. The maximum absolute atomic E-state index is 12.5. The summed E-state index contributed by atoms with van der Waals surface area (Å²) in [5.41, 5.74) is 4.70. The zero-order chi connectivity index (χ0) is 14.8. The summed E-state index contributed by atoms with van der Waals surface area (Å²) in [4.78, 5) is 14.3. The molecule has 0 spiro atoms. The van der Waals surface area contributed by atoms with Crippen molar-refractivity contribution in [3.8, 4) is 0 Å². The lowest BCUT2D eigenvalue weighted by molar-refractivity contribution is -0.131. The van der Waals surface area contributed by atoms with Gasteiger partial charge < -0.3 is 10.2 Å². The number of amides is 1. The van der Waals surface area contributed by atoms with E-state index in [9.17, 15) is 4.79 Å². The Morgan fingerprint density at radius 2 is 1.90 bits per heavy atom. The van der Waals surface area contributed by atoms with E-state index in [1.165, 1.54) is 11.1 Å². The fourth-order valence-electron chi connectivity index (χ4n) is 2.76. The number of carbonyl (C=O) groups is 1. The highest BCUT2D eigenvalue weighted by molar-refractivity contribution is 5.87. The topological polar surface area (TPSA) is 32.3 Å². The van der Waals surface area contributed by atoms with Crippen LogP contribution in [0.15, 0.2) is 48.5 Å². The lowest BCUT2D eigenvalue weighted by Gasteiger charge is -2.21. The van der Waals surface area contributed by atoms with Crippen molar-refractivity contribution in [2.75, 3.05) is 12.4 Å². The number of hydrogen-bond donors (Lipinski definition) is 1. The van der Waals surface area contributed by atoms with E-state index in [0.717, 1.165) is 17.7 Å². The minimum atomic E-state index is -0.141. The first-order valence-electron chi connectivity index (χ1n) is 7.28. The maximum Gasteiger partial charge on any atom is 0.245 e. The first kappa shape index (κ1) is 13.7. The van der Waals surface area contributed by atoms with E-state index < -0.39 is 0 Å². The number of aryl methyl sites for hydroxylation is 1. The van der Waals surface area contributed by atoms with Crippen molar-refractivity contribution in [3.05, 3.63) is 65.2 Å². The third kappa shape index (κ3) is 2.92. The van der Waals surface area contributed by atoms with Crippen LogP contribution in [0.2, 0.25) is 0 Å². The van der Waals surface area contributed by atoms with Gasteiger partial charge in [0, 0.05) is 25.7 Å². The number of carbonyl (C=O) groups excluding carboxylic acids is 1. The Labute approximate surface area is 125 Å². The molecule has 0 fully saturated rings. The largest absolute Gasteiger partial charge is 0.373 e. The zero-order valence-electron chi connectivity index (χ0n) is 12.5. The van der Waals surface area contributed by atoms with Crippen LogP contribution in [0.4, 0.5) is 5.69 Å². The molecule has 2 aromatic rings. The Balaban J connectivity index is 1.65. The Morgan fingerprint density at radius 1 is 1.19 bits per heavy atom. The molecule has 0 saturated heterocycles. The lowest BCUT2D eigenvalue weighted by atomic mass is 10.1. The summed E-state index contributed by atoms with van der Waals surface area (Å²) < 4.78 is 0. The van der Waals surface area contributed by atoms with Crippen molar-refractivity contribution in [1.82, 2.24) is 4.90 Å². The molecular formula is C18H20N2O. The van der Waals surface area contributed by atoms with Crippen molar-refractivity contribution in [2.45, 2.75) is 25.9 Å². The van der Waals surface area contributed by atoms with Gasteiger partial charge in [-0.05, 0) is 24.1 Å². The van der Waals surface area contributed by atoms with Crippen molar-refractivity contribution >= 4 is 11.6 Å². The first-order chi connectivity index (χ1) is 10.1. The van der Waals surface area contributed by atoms with E-state index >= 15 is 0 Å². The molecule has 108 valence electrons. The fraction of sp³-hybridized carbons (Fsp3) is 0.278. The number of fused-ring (bicyclic) bond motifs is 1. The molecule has 0 aliphatic carbocycles. The van der Waals surface area contributed by atoms with Gasteiger partial charge in [-0.1, -0.05) is 48.0 Å². The Kier molecular flexibility index (Phi) is 3.65. The molecule has 0 unspecified atom stereocenters. The summed E-state index contributed by atoms with van der Waals surface area (Å²) in [6, 6.07) is 16.3. The number of anilines is 1. The van der Waals surface area contributed by atoms with Crippen molar-refractivity contribution in [1.29, 1.82) is 0 Å². The molecule has 3 rings (SSSR count). The van der Waals surface area contributed by atoms with Crippen molar-refractivity contribution < 1.29 is 4.79 Å². The zero-order valence-corrected chi connectivity index (χ0v) is 12.5. The van der Waals surface area contributed by atoms with E-state index in [2.05, 4.69) is 42.6 Å². The normalized spacial score (nSPS) is 16.2. The third-order valence-electron chi connectivity index (χ3n) is 3.99. The van der Waals surface area contributed by atoms with Crippen LogP contribution in [-0.2, 0) is 17.8 Å². The van der Waals surface area contributed by atoms with Crippen LogP contribution in [0.5, 0.6) is 0 Å². The molecule has 1 heterocycles. The highest BCUT2D eigenvalue weighted by atomic mass is 16.2. The van der Waals surface area contributed by atoms with Crippen LogP contribution in [0.25, 0.3) is 0 Å². The van der Waals surface area contributed by atoms with E-state index in [1.807, 2.05) is 25.2 Å². The quantitative estimate of drug-likeness (QED) is 0.937. The van der Waals surface area contributed by atoms with Crippen molar-refractivity contribution in [3.63, 3.8) is 0 Å². The Morgan fingerprint density at radius 3 is 2.62 bits per heavy atom. The van der Waals surface area contributed by atoms with Crippen LogP contribution in [0.3, 0.4) is 0 Å². The summed E-state index contributed by atoms with van der Waals surface area (Å²) in [6.07, 6.45) is 0.771. The number of rotatable bonds is 3. The van der Waals surface area contributed by atoms with Crippen LogP contribution >= 0.6 is 0 Å². The summed E-state index contributed by atoms with van der Waals surface area (Å²) in [5.74, 6) is 0.145. The van der Waals surface area contributed by atoms with Gasteiger partial charge >= 0.3 is 0 Å². The smallest absolute Gasteiger partial charge is 0.245 e. The average Bonchev–Trinajstić information content (AvgIpc) is 2.92. The van der Waals surface area contributed by atoms with Crippen LogP contribution in [-0.4, -0.2) is 23.9 Å². The molecule has 3 heteroatoms. The van der Waals surface area contributed by atoms with Crippen molar-refractivity contribution in [2.24, 2.45) is 0 Å². The van der Waals surface area contributed by atoms with Gasteiger partial charge in [0.1, 0.15) is 6.04 Å². The number of hydrogen-bond acceptors (Lipinski definition) is 2. The predicted octanol–water partition coefficient (Wildman–Crippen LogP) is 2.99. The number of benzene rings is 2. The van der Waals surface area contributed by atoms with E-state index in [1.54, 1.807) is 4.90 Å². The number of nitrogens with one attached hydrogen (secondary N) is 1. The van der Waals surface area contributed by atoms with Crippen LogP contribution in [0.1, 0.15) is 16.7 Å². The second kappa shape index (κ2) is 5.60. The minimum Gasteiger partial charge on any atom is -0.373 e. The molecule has 2 aromatic carbocycles. The monoisotopic (exact) mass is 280 g/mol. The van der Waals surface area contributed by atoms with E-state index in [0.29, 0.717) is 6.54 Å². The van der Waals surface area contributed by atoms with Gasteiger partial charge in [0.25, 0.3) is 0 Å². The molecule has 1 amide bonds. The summed E-state index contributed by atoms with van der Waals surface area (Å²) >= 11 is 0. The maximum atomic E-state index is 12.5. The van der Waals surface area contributed by atoms with E-state index in [4.69, 9.17) is 0 Å². The lowest BCUT2D eigenvalue weighted by Crippen LogP contribution is -2.39. The molecule has 0 saturated carbocycles. The molecule has 1 aliphatic heterocycles. The Hall–Kier alpha value is -2.29. The molecule has 0 bridgehead atoms. The summed E-state index contributed by atoms with van der Waals surface area (Å²) in [5, 5.41) is 3.32. The third-order valence-corrected chi connectivity index (χ3v) is 3.99. The average molecular weight is 280 g/mol. The predicted molar refractivity (Wildman–Crippen MR) is 85.2 cm³/mol. The summed E-state index contributed by atoms with van der Waals surface area (Å²) in [7, 11) is 1.87. The van der Waals surface area contributed by atoms with Gasteiger partial charge in [-0.3, -0.25) is 4.79 Å². The SMILES string of the molecule is Cc1ccc(CN(C)C(=O)[C@@H]2Cc3ccccc3N2)cc1. The van der Waals surface area contributed by atoms with Gasteiger partial charge in [-0.2, -0.15) is 0 Å². The van der Waals surface area contributed by atoms with Gasteiger partial charge in [0.15, 0.2) is 0 Å². The van der Waals surface area contributed by atoms with Gasteiger partial charge in [0.05, 0.1) is 0 Å². The first-order valence-corrected chi connectivity index (χ1v) is 7.28. The van der Waals surface area contributed by atoms with Gasteiger partial charge in [-0.15, -0.1) is 0 Å². The fourth-order valence-corrected chi connectivity index (χ4v) is 2.76. The Bertz CT molecular complexity index is 624. The highest BCUT2D eigenvalue weighted by Crippen LogP contribution is 2.26. The molecule has 1 aliphatic rings. The van der Waals surface area contributed by atoms with E-state index in [-0.39, 0.29) is 11.9 Å². The summed E-state index contributed by atoms with van der Waals surface area (Å²) in [6.45, 7) is 2.71. The number of para-hydroxylation sites is 1. The van der Waals surface area contributed by atoms with Crippen LogP contribution in [0, 0.1) is 6.92 Å². The molecule has 3 nitrogen and oxygen atoms in total. The van der Waals surface area contributed by atoms with Gasteiger partial charge in [0.2, 0.25) is 5.91 Å². The molecule has 1 atom stereocenters. The second-order valence-corrected chi connectivity index (χ2v) is 5.74. The highest BCUT2D eigenvalue weighted by Gasteiger charge is 2.28. The number of nitrogens with zero attached hydrogens (tertiary/aromatic N) is 1. The van der Waals surface area contributed by atoms with Crippen LogP contribution < -0.4 is 5.32 Å². The standard InChI is InChI=1S/C18H20N2O/c1-13-7-9-14(10-8-13)12-20(2)18(21)17-11-15-5-3-4-6-16(15)19-17/h3-10,17,19H,11-12H2,1-2H3/t17-/m0/s1. The molecule has 0 radical (unpaired) electrons. The minimum absolute atomic E-state index is 0.141. The molecular weight excluding hydrogens is 260 g/mol. The molecule has 0 aromatic heterocycles. The molecule has 1 N–H and O–H groups in total. The molecule has 21 heavy (non-hydrogen) atoms.